The number of unbranched alkanes of at least 4 members (excludes halogenated alkanes) is 1. The van der Waals surface area contributed by atoms with Gasteiger partial charge in [-0.15, -0.1) is 0 Å². The van der Waals surface area contributed by atoms with Crippen LogP contribution in [0.25, 0.3) is 0 Å². The van der Waals surface area contributed by atoms with Crippen molar-refractivity contribution in [3.8, 4) is 0 Å². The van der Waals surface area contributed by atoms with Gasteiger partial charge in [-0.2, -0.15) is 0 Å². The first kappa shape index (κ1) is 30.1. The Morgan fingerprint density at radius 3 is 2.71 bits per heavy atom. The van der Waals surface area contributed by atoms with Crippen molar-refractivity contribution < 1.29 is 19.1 Å². The standard InChI is InChI=1S/C32H45ClN4O4/c1-5-6-16-36(4)17-9-18-37-28(30(39)35-24-13-7-10-20(2)21(24)3)32-15-14-25(41-32)26(27(32)31(37)40)29(38)34-23-12-8-11-22(33)19-23/h8,11-12,14-15,19-21,24-28H,5-7,9-10,13,16-18H2,1-4H3,(H,34,38)(H,35,39)/t20-,21+,24+,25+,26+,27+,28-,32-/m0/s1. The van der Waals surface area contributed by atoms with Crippen molar-refractivity contribution in [2.24, 2.45) is 23.7 Å². The minimum absolute atomic E-state index is 0.0586. The van der Waals surface area contributed by atoms with Gasteiger partial charge in [0.2, 0.25) is 17.7 Å². The number of carbonyl (C=O) groups is 3. The van der Waals surface area contributed by atoms with Gasteiger partial charge in [0.1, 0.15) is 11.6 Å². The molecule has 41 heavy (non-hydrogen) atoms. The minimum atomic E-state index is -1.15. The molecule has 2 saturated heterocycles. The van der Waals surface area contributed by atoms with E-state index in [1.807, 2.05) is 12.2 Å². The van der Waals surface area contributed by atoms with Crippen LogP contribution in [0.2, 0.25) is 5.02 Å². The number of nitrogens with zero attached hydrogens (tertiary/aromatic N) is 2. The average molecular weight is 585 g/mol. The SMILES string of the molecule is CCCCN(C)CCCN1C(=O)[C@H]2[C@H](C(=O)Nc3cccc(Cl)c3)[C@H]3C=C[C@@]2(O3)[C@@H]1C(=O)N[C@@H]1CCC[C@H](C)[C@H]1C. The van der Waals surface area contributed by atoms with Crippen LogP contribution in [-0.2, 0) is 19.1 Å². The molecular formula is C32H45ClN4O4. The van der Waals surface area contributed by atoms with Gasteiger partial charge in [-0.1, -0.05) is 69.9 Å². The third kappa shape index (κ3) is 5.80. The largest absolute Gasteiger partial charge is 0.359 e. The number of likely N-dealkylation sites (tertiary alicyclic amines) is 1. The van der Waals surface area contributed by atoms with Crippen LogP contribution in [0, 0.1) is 23.7 Å². The molecule has 3 fully saturated rings. The summed E-state index contributed by atoms with van der Waals surface area (Å²) in [5.74, 6) is -1.25. The molecule has 1 aromatic rings. The van der Waals surface area contributed by atoms with Gasteiger partial charge in [-0.25, -0.2) is 0 Å². The Bertz CT molecular complexity index is 1180. The lowest BCUT2D eigenvalue weighted by Gasteiger charge is -2.38. The number of rotatable bonds is 11. The van der Waals surface area contributed by atoms with Crippen LogP contribution in [0.4, 0.5) is 5.69 Å². The summed E-state index contributed by atoms with van der Waals surface area (Å²) in [6, 6.07) is 6.21. The molecule has 8 atom stereocenters. The fourth-order valence-corrected chi connectivity index (χ4v) is 7.59. The normalized spacial score (nSPS) is 33.9. The maximum atomic E-state index is 14.2. The molecule has 4 aliphatic rings. The van der Waals surface area contributed by atoms with Crippen LogP contribution in [-0.4, -0.2) is 78.0 Å². The molecule has 8 nitrogen and oxygen atoms in total. The molecule has 0 aromatic heterocycles. The maximum Gasteiger partial charge on any atom is 0.246 e. The summed E-state index contributed by atoms with van der Waals surface area (Å²) in [6.07, 6.45) is 9.34. The van der Waals surface area contributed by atoms with Crippen molar-refractivity contribution in [1.29, 1.82) is 0 Å². The highest BCUT2D eigenvalue weighted by molar-refractivity contribution is 6.30. The molecule has 1 saturated carbocycles. The van der Waals surface area contributed by atoms with E-state index >= 15 is 0 Å². The van der Waals surface area contributed by atoms with E-state index in [0.29, 0.717) is 29.1 Å². The van der Waals surface area contributed by atoms with Gasteiger partial charge < -0.3 is 25.2 Å². The minimum Gasteiger partial charge on any atom is -0.359 e. The van der Waals surface area contributed by atoms with E-state index in [9.17, 15) is 14.4 Å². The number of hydrogen-bond acceptors (Lipinski definition) is 5. The van der Waals surface area contributed by atoms with Crippen molar-refractivity contribution in [2.45, 2.75) is 83.1 Å². The van der Waals surface area contributed by atoms with Crippen LogP contribution in [0.15, 0.2) is 36.4 Å². The second kappa shape index (κ2) is 12.4. The number of amides is 3. The average Bonchev–Trinajstić information content (AvgIpc) is 3.57. The monoisotopic (exact) mass is 584 g/mol. The van der Waals surface area contributed by atoms with Gasteiger partial charge in [-0.05, 0) is 69.4 Å². The van der Waals surface area contributed by atoms with Crippen molar-refractivity contribution in [3.63, 3.8) is 0 Å². The zero-order chi connectivity index (χ0) is 29.3. The number of anilines is 1. The fraction of sp³-hybridized carbons (Fsp3) is 0.656. The predicted octanol–water partition coefficient (Wildman–Crippen LogP) is 4.49. The zero-order valence-electron chi connectivity index (χ0n) is 24.8. The van der Waals surface area contributed by atoms with Crippen molar-refractivity contribution in [2.75, 3.05) is 32.0 Å². The molecule has 0 radical (unpaired) electrons. The molecule has 1 aromatic carbocycles. The number of hydrogen-bond donors (Lipinski definition) is 2. The number of halogens is 1. The van der Waals surface area contributed by atoms with Gasteiger partial charge in [0.15, 0.2) is 0 Å². The summed E-state index contributed by atoms with van der Waals surface area (Å²) < 4.78 is 6.50. The Morgan fingerprint density at radius 1 is 1.17 bits per heavy atom. The van der Waals surface area contributed by atoms with E-state index in [0.717, 1.165) is 51.6 Å². The first-order chi connectivity index (χ1) is 19.7. The van der Waals surface area contributed by atoms with Gasteiger partial charge in [0.05, 0.1) is 17.9 Å². The Hall–Kier alpha value is -2.42. The highest BCUT2D eigenvalue weighted by atomic mass is 35.5. The van der Waals surface area contributed by atoms with Gasteiger partial charge in [0, 0.05) is 23.3 Å². The fourth-order valence-electron chi connectivity index (χ4n) is 7.40. The maximum absolute atomic E-state index is 14.2. The van der Waals surface area contributed by atoms with Crippen LogP contribution >= 0.6 is 11.6 Å². The molecular weight excluding hydrogens is 540 g/mol. The third-order valence-corrected chi connectivity index (χ3v) is 10.1. The summed E-state index contributed by atoms with van der Waals surface area (Å²) in [5.41, 5.74) is -0.588. The van der Waals surface area contributed by atoms with Crippen LogP contribution in [0.3, 0.4) is 0 Å². The Morgan fingerprint density at radius 2 is 1.95 bits per heavy atom. The van der Waals surface area contributed by atoms with Crippen LogP contribution in [0.1, 0.15) is 59.3 Å². The van der Waals surface area contributed by atoms with Crippen LogP contribution in [0.5, 0.6) is 0 Å². The first-order valence-electron chi connectivity index (χ1n) is 15.4. The quantitative estimate of drug-likeness (QED) is 0.374. The zero-order valence-corrected chi connectivity index (χ0v) is 25.5. The van der Waals surface area contributed by atoms with Crippen molar-refractivity contribution in [1.82, 2.24) is 15.1 Å². The highest BCUT2D eigenvalue weighted by Crippen LogP contribution is 2.55. The number of carbonyl (C=O) groups excluding carboxylic acids is 3. The summed E-state index contributed by atoms with van der Waals surface area (Å²) >= 11 is 6.14. The van der Waals surface area contributed by atoms with E-state index in [-0.39, 0.29) is 23.8 Å². The summed E-state index contributed by atoms with van der Waals surface area (Å²) in [7, 11) is 2.09. The molecule has 3 aliphatic heterocycles. The molecule has 3 amide bonds. The van der Waals surface area contributed by atoms with E-state index in [1.165, 1.54) is 0 Å². The van der Waals surface area contributed by atoms with E-state index < -0.39 is 29.6 Å². The Kier molecular flexibility index (Phi) is 9.12. The second-order valence-electron chi connectivity index (χ2n) is 12.6. The smallest absolute Gasteiger partial charge is 0.246 e. The molecule has 2 bridgehead atoms. The lowest BCUT2D eigenvalue weighted by Crippen LogP contribution is -2.58. The summed E-state index contributed by atoms with van der Waals surface area (Å²) in [4.78, 5) is 45.9. The second-order valence-corrected chi connectivity index (χ2v) is 13.1. The summed E-state index contributed by atoms with van der Waals surface area (Å²) in [6.45, 7) is 8.88. The molecule has 2 N–H and O–H groups in total. The van der Waals surface area contributed by atoms with E-state index in [2.05, 4.69) is 43.4 Å². The Balaban J connectivity index is 1.39. The summed E-state index contributed by atoms with van der Waals surface area (Å²) in [5, 5.41) is 6.78. The molecule has 5 rings (SSSR count). The first-order valence-corrected chi connectivity index (χ1v) is 15.8. The van der Waals surface area contributed by atoms with Crippen LogP contribution < -0.4 is 10.6 Å². The van der Waals surface area contributed by atoms with Gasteiger partial charge in [0.25, 0.3) is 0 Å². The lowest BCUT2D eigenvalue weighted by atomic mass is 9.73. The molecule has 3 heterocycles. The third-order valence-electron chi connectivity index (χ3n) is 9.88. The number of benzene rings is 1. The van der Waals surface area contributed by atoms with E-state index in [4.69, 9.17) is 16.3 Å². The molecule has 224 valence electrons. The Labute approximate surface area is 249 Å². The molecule has 0 unspecified atom stereocenters. The molecule has 1 spiro atoms. The number of ether oxygens (including phenoxy) is 1. The predicted molar refractivity (Wildman–Crippen MR) is 160 cm³/mol. The molecule has 9 heteroatoms. The van der Waals surface area contributed by atoms with E-state index in [1.54, 1.807) is 29.2 Å². The van der Waals surface area contributed by atoms with Crippen molar-refractivity contribution >= 4 is 35.0 Å². The van der Waals surface area contributed by atoms with Gasteiger partial charge >= 0.3 is 0 Å². The number of nitrogens with one attached hydrogen (secondary N) is 2. The molecule has 1 aliphatic carbocycles. The topological polar surface area (TPSA) is 91.0 Å². The van der Waals surface area contributed by atoms with Gasteiger partial charge in [-0.3, -0.25) is 14.4 Å². The highest BCUT2D eigenvalue weighted by Gasteiger charge is 2.72. The number of fused-ring (bicyclic) bond motifs is 1. The lowest BCUT2D eigenvalue weighted by molar-refractivity contribution is -0.141. The van der Waals surface area contributed by atoms with Crippen molar-refractivity contribution in [3.05, 3.63) is 41.4 Å².